The van der Waals surface area contributed by atoms with E-state index in [1.807, 2.05) is 24.3 Å². The SMILES string of the molecule is ClC(Cl)(Cl)Cc1ccc(Br)cc1. The highest BCUT2D eigenvalue weighted by Crippen LogP contribution is 2.30. The summed E-state index contributed by atoms with van der Waals surface area (Å²) >= 11 is 20.2. The van der Waals surface area contributed by atoms with Crippen molar-refractivity contribution >= 4 is 50.7 Å². The standard InChI is InChI=1S/C8H6BrCl3/c9-7-3-1-6(2-4-7)5-8(10,11)12/h1-4H,5H2. The van der Waals surface area contributed by atoms with E-state index in [0.29, 0.717) is 6.42 Å². The second-order valence-corrected chi connectivity index (χ2v) is 5.85. The molecule has 0 aliphatic heterocycles. The lowest BCUT2D eigenvalue weighted by atomic mass is 10.2. The monoisotopic (exact) mass is 286 g/mol. The Bertz CT molecular complexity index is 250. The molecule has 4 heteroatoms. The first-order chi connectivity index (χ1) is 5.47. The van der Waals surface area contributed by atoms with Gasteiger partial charge in [0.15, 0.2) is 3.79 Å². The summed E-state index contributed by atoms with van der Waals surface area (Å²) in [6, 6.07) is 7.69. The molecule has 0 fully saturated rings. The highest BCUT2D eigenvalue weighted by atomic mass is 79.9. The normalized spacial score (nSPS) is 11.7. The Morgan fingerprint density at radius 2 is 1.58 bits per heavy atom. The van der Waals surface area contributed by atoms with Crippen molar-refractivity contribution < 1.29 is 0 Å². The molecule has 0 aliphatic carbocycles. The molecule has 1 rings (SSSR count). The van der Waals surface area contributed by atoms with Crippen molar-refractivity contribution in [3.63, 3.8) is 0 Å². The maximum Gasteiger partial charge on any atom is 0.194 e. The Kier molecular flexibility index (Phi) is 3.72. The average molecular weight is 288 g/mol. The van der Waals surface area contributed by atoms with Gasteiger partial charge in [0.25, 0.3) is 0 Å². The molecule has 0 aliphatic rings. The first-order valence-electron chi connectivity index (χ1n) is 3.28. The van der Waals surface area contributed by atoms with Crippen molar-refractivity contribution in [3.05, 3.63) is 34.3 Å². The number of benzene rings is 1. The fourth-order valence-electron chi connectivity index (χ4n) is 0.834. The lowest BCUT2D eigenvalue weighted by Crippen LogP contribution is -2.06. The molecule has 0 saturated heterocycles. The van der Waals surface area contributed by atoms with Gasteiger partial charge in [-0.3, -0.25) is 0 Å². The zero-order valence-electron chi connectivity index (χ0n) is 6.03. The molecule has 0 saturated carbocycles. The minimum atomic E-state index is -1.20. The average Bonchev–Trinajstić information content (AvgIpc) is 1.91. The van der Waals surface area contributed by atoms with E-state index >= 15 is 0 Å². The maximum absolute atomic E-state index is 5.63. The van der Waals surface area contributed by atoms with Crippen LogP contribution in [-0.4, -0.2) is 3.79 Å². The van der Waals surface area contributed by atoms with Crippen LogP contribution < -0.4 is 0 Å². The fraction of sp³-hybridized carbons (Fsp3) is 0.250. The second kappa shape index (κ2) is 4.19. The summed E-state index contributed by atoms with van der Waals surface area (Å²) in [6.45, 7) is 0. The van der Waals surface area contributed by atoms with Crippen LogP contribution in [0.25, 0.3) is 0 Å². The van der Waals surface area contributed by atoms with Crippen LogP contribution in [0.4, 0.5) is 0 Å². The van der Waals surface area contributed by atoms with Crippen LogP contribution in [-0.2, 0) is 6.42 Å². The van der Waals surface area contributed by atoms with Gasteiger partial charge in [-0.25, -0.2) is 0 Å². The summed E-state index contributed by atoms with van der Waals surface area (Å²) in [5.41, 5.74) is 1.01. The molecule has 66 valence electrons. The fourth-order valence-corrected chi connectivity index (χ4v) is 1.56. The zero-order valence-corrected chi connectivity index (χ0v) is 9.88. The summed E-state index contributed by atoms with van der Waals surface area (Å²) in [7, 11) is 0. The lowest BCUT2D eigenvalue weighted by Gasteiger charge is -2.09. The molecule has 0 unspecified atom stereocenters. The van der Waals surface area contributed by atoms with E-state index in [2.05, 4.69) is 15.9 Å². The van der Waals surface area contributed by atoms with Crippen LogP contribution in [0.2, 0.25) is 0 Å². The Morgan fingerprint density at radius 3 is 2.00 bits per heavy atom. The molecule has 0 atom stereocenters. The molecule has 12 heavy (non-hydrogen) atoms. The first-order valence-corrected chi connectivity index (χ1v) is 5.21. The summed E-state index contributed by atoms with van der Waals surface area (Å²) in [5, 5.41) is 0. The van der Waals surface area contributed by atoms with Crippen LogP contribution in [0.5, 0.6) is 0 Å². The molecule has 0 bridgehead atoms. The van der Waals surface area contributed by atoms with Gasteiger partial charge in [-0.15, -0.1) is 0 Å². The molecule has 0 aromatic heterocycles. The van der Waals surface area contributed by atoms with Crippen LogP contribution in [0, 0.1) is 0 Å². The summed E-state index contributed by atoms with van der Waals surface area (Å²) in [4.78, 5) is 0. The van der Waals surface area contributed by atoms with Crippen molar-refractivity contribution in [1.82, 2.24) is 0 Å². The Labute approximate surface area is 94.9 Å². The number of alkyl halides is 3. The molecule has 1 aromatic carbocycles. The van der Waals surface area contributed by atoms with Crippen LogP contribution in [0.1, 0.15) is 5.56 Å². The third-order valence-electron chi connectivity index (χ3n) is 1.32. The van der Waals surface area contributed by atoms with Gasteiger partial charge >= 0.3 is 0 Å². The molecule has 0 heterocycles. The molecular formula is C8H6BrCl3. The number of hydrogen-bond donors (Lipinski definition) is 0. The Balaban J connectivity index is 2.71. The molecule has 0 radical (unpaired) electrons. The van der Waals surface area contributed by atoms with Gasteiger partial charge in [0.1, 0.15) is 0 Å². The highest BCUT2D eigenvalue weighted by molar-refractivity contribution is 9.10. The largest absolute Gasteiger partial charge is 0.194 e. The second-order valence-electron chi connectivity index (χ2n) is 2.42. The molecular weight excluding hydrogens is 282 g/mol. The summed E-state index contributed by atoms with van der Waals surface area (Å²) in [6.07, 6.45) is 0.435. The maximum atomic E-state index is 5.63. The predicted octanol–water partition coefficient (Wildman–Crippen LogP) is 4.36. The van der Waals surface area contributed by atoms with Gasteiger partial charge in [0.2, 0.25) is 0 Å². The van der Waals surface area contributed by atoms with Gasteiger partial charge in [-0.2, -0.15) is 0 Å². The van der Waals surface area contributed by atoms with E-state index in [9.17, 15) is 0 Å². The smallest absolute Gasteiger partial charge is 0.0833 e. The summed E-state index contributed by atoms with van der Waals surface area (Å²) in [5.74, 6) is 0. The van der Waals surface area contributed by atoms with Gasteiger partial charge in [0, 0.05) is 10.9 Å². The molecule has 0 amide bonds. The van der Waals surface area contributed by atoms with E-state index in [1.165, 1.54) is 0 Å². The van der Waals surface area contributed by atoms with Gasteiger partial charge in [-0.1, -0.05) is 62.9 Å². The zero-order chi connectivity index (χ0) is 9.19. The van der Waals surface area contributed by atoms with Crippen molar-refractivity contribution in [1.29, 1.82) is 0 Å². The van der Waals surface area contributed by atoms with E-state index < -0.39 is 3.79 Å². The van der Waals surface area contributed by atoms with Crippen molar-refractivity contribution in [2.24, 2.45) is 0 Å². The van der Waals surface area contributed by atoms with E-state index in [1.54, 1.807) is 0 Å². The molecule has 0 N–H and O–H groups in total. The lowest BCUT2D eigenvalue weighted by molar-refractivity contribution is 1.02. The van der Waals surface area contributed by atoms with Gasteiger partial charge in [-0.05, 0) is 17.7 Å². The van der Waals surface area contributed by atoms with Crippen molar-refractivity contribution in [2.45, 2.75) is 10.2 Å². The Hall–Kier alpha value is 0.570. The van der Waals surface area contributed by atoms with E-state index in [-0.39, 0.29) is 0 Å². The van der Waals surface area contributed by atoms with E-state index in [0.717, 1.165) is 10.0 Å². The molecule has 0 spiro atoms. The number of halogens is 4. The number of hydrogen-bond acceptors (Lipinski definition) is 0. The third kappa shape index (κ3) is 3.99. The van der Waals surface area contributed by atoms with Crippen molar-refractivity contribution in [3.8, 4) is 0 Å². The minimum absolute atomic E-state index is 0.435. The molecule has 1 aromatic rings. The quantitative estimate of drug-likeness (QED) is 0.673. The first kappa shape index (κ1) is 10.6. The molecule has 0 nitrogen and oxygen atoms in total. The van der Waals surface area contributed by atoms with Crippen molar-refractivity contribution in [2.75, 3.05) is 0 Å². The number of rotatable bonds is 1. The topological polar surface area (TPSA) is 0 Å². The van der Waals surface area contributed by atoms with Crippen LogP contribution >= 0.6 is 50.7 Å². The Morgan fingerprint density at radius 1 is 1.08 bits per heavy atom. The van der Waals surface area contributed by atoms with Gasteiger partial charge < -0.3 is 0 Å². The van der Waals surface area contributed by atoms with Gasteiger partial charge in [0.05, 0.1) is 0 Å². The van der Waals surface area contributed by atoms with Crippen LogP contribution in [0.3, 0.4) is 0 Å². The minimum Gasteiger partial charge on any atom is -0.0833 e. The summed E-state index contributed by atoms with van der Waals surface area (Å²) < 4.78 is -0.177. The predicted molar refractivity (Wildman–Crippen MR) is 58.1 cm³/mol. The van der Waals surface area contributed by atoms with E-state index in [4.69, 9.17) is 34.8 Å². The third-order valence-corrected chi connectivity index (χ3v) is 2.25. The van der Waals surface area contributed by atoms with Crippen LogP contribution in [0.15, 0.2) is 28.7 Å². The highest BCUT2D eigenvalue weighted by Gasteiger charge is 2.19.